The van der Waals surface area contributed by atoms with Gasteiger partial charge in [-0.15, -0.1) is 0 Å². The van der Waals surface area contributed by atoms with Crippen LogP contribution in [0.15, 0.2) is 49.1 Å². The van der Waals surface area contributed by atoms with Crippen molar-refractivity contribution >= 4 is 0 Å². The van der Waals surface area contributed by atoms with Crippen LogP contribution in [0.5, 0.6) is 0 Å². The fourth-order valence-corrected chi connectivity index (χ4v) is 4.06. The van der Waals surface area contributed by atoms with Gasteiger partial charge in [0.25, 0.3) is 0 Å². The van der Waals surface area contributed by atoms with E-state index in [1.54, 1.807) is 0 Å². The normalized spacial score (nSPS) is 29.5. The fraction of sp³-hybridized carbons (Fsp3) is 0.500. The lowest BCUT2D eigenvalue weighted by Crippen LogP contribution is -2.46. The number of halogens is 1. The van der Waals surface area contributed by atoms with Gasteiger partial charge < -0.3 is 5.32 Å². The SMILES string of the molecule is F[C@H]1C[C@@H](CNC2CC(c3ccccc3)C2)N(Cc2cncnc2)C1. The summed E-state index contributed by atoms with van der Waals surface area (Å²) < 4.78 is 13.9. The highest BCUT2D eigenvalue weighted by Gasteiger charge is 2.34. The molecule has 0 spiro atoms. The Kier molecular flexibility index (Phi) is 5.04. The van der Waals surface area contributed by atoms with Crippen LogP contribution in [-0.2, 0) is 6.54 Å². The van der Waals surface area contributed by atoms with E-state index in [9.17, 15) is 4.39 Å². The van der Waals surface area contributed by atoms with Gasteiger partial charge in [-0.1, -0.05) is 30.3 Å². The van der Waals surface area contributed by atoms with Crippen LogP contribution in [0.25, 0.3) is 0 Å². The first-order valence-electron chi connectivity index (χ1n) is 9.18. The second-order valence-corrected chi connectivity index (χ2v) is 7.35. The minimum absolute atomic E-state index is 0.256. The van der Waals surface area contributed by atoms with Crippen molar-refractivity contribution in [3.8, 4) is 0 Å². The smallest absolute Gasteiger partial charge is 0.115 e. The van der Waals surface area contributed by atoms with E-state index >= 15 is 0 Å². The quantitative estimate of drug-likeness (QED) is 0.878. The number of nitrogens with one attached hydrogen (secondary N) is 1. The zero-order valence-electron chi connectivity index (χ0n) is 14.4. The van der Waals surface area contributed by atoms with E-state index < -0.39 is 6.17 Å². The zero-order chi connectivity index (χ0) is 17.1. The summed E-state index contributed by atoms with van der Waals surface area (Å²) in [5.41, 5.74) is 2.49. The van der Waals surface area contributed by atoms with Crippen LogP contribution in [0, 0.1) is 0 Å². The molecule has 132 valence electrons. The molecule has 0 unspecified atom stereocenters. The van der Waals surface area contributed by atoms with Gasteiger partial charge in [0.05, 0.1) is 0 Å². The number of hydrogen-bond donors (Lipinski definition) is 1. The molecule has 1 aromatic heterocycles. The maximum atomic E-state index is 13.9. The van der Waals surface area contributed by atoms with Crippen molar-refractivity contribution in [2.75, 3.05) is 13.1 Å². The molecule has 2 heterocycles. The molecule has 2 fully saturated rings. The van der Waals surface area contributed by atoms with Crippen LogP contribution in [0.2, 0.25) is 0 Å². The van der Waals surface area contributed by atoms with Gasteiger partial charge in [-0.05, 0) is 30.7 Å². The van der Waals surface area contributed by atoms with Crippen LogP contribution in [0.4, 0.5) is 4.39 Å². The zero-order valence-corrected chi connectivity index (χ0v) is 14.4. The van der Waals surface area contributed by atoms with Gasteiger partial charge in [0.1, 0.15) is 12.5 Å². The Morgan fingerprint density at radius 3 is 2.60 bits per heavy atom. The van der Waals surface area contributed by atoms with E-state index in [1.807, 2.05) is 12.4 Å². The topological polar surface area (TPSA) is 41.0 Å². The van der Waals surface area contributed by atoms with Gasteiger partial charge in [0, 0.05) is 49.7 Å². The fourth-order valence-electron chi connectivity index (χ4n) is 4.06. The van der Waals surface area contributed by atoms with E-state index in [1.165, 1.54) is 24.7 Å². The number of likely N-dealkylation sites (tertiary alicyclic amines) is 1. The van der Waals surface area contributed by atoms with Crippen molar-refractivity contribution in [2.24, 2.45) is 0 Å². The standard InChI is InChI=1S/C20H25FN4/c21-18-8-20(25(13-18)12-15-9-22-14-23-10-15)11-24-19-6-17(7-19)16-4-2-1-3-5-16/h1-5,9-10,14,17-20,24H,6-8,11-13H2/t17?,18-,19?,20-/m0/s1. The second-order valence-electron chi connectivity index (χ2n) is 7.35. The number of nitrogens with zero attached hydrogens (tertiary/aromatic N) is 3. The molecule has 1 aliphatic carbocycles. The lowest BCUT2D eigenvalue weighted by Gasteiger charge is -2.37. The summed E-state index contributed by atoms with van der Waals surface area (Å²) in [6.45, 7) is 2.10. The van der Waals surface area contributed by atoms with Crippen LogP contribution < -0.4 is 5.32 Å². The summed E-state index contributed by atoms with van der Waals surface area (Å²) in [4.78, 5) is 10.3. The van der Waals surface area contributed by atoms with E-state index in [0.29, 0.717) is 24.9 Å². The first kappa shape index (κ1) is 16.6. The Bertz CT molecular complexity index is 660. The molecule has 1 saturated heterocycles. The molecule has 4 rings (SSSR count). The molecule has 1 aliphatic heterocycles. The Morgan fingerprint density at radius 2 is 1.84 bits per heavy atom. The van der Waals surface area contributed by atoms with Crippen LogP contribution in [0.1, 0.15) is 36.3 Å². The van der Waals surface area contributed by atoms with E-state index in [0.717, 1.165) is 18.7 Å². The maximum absolute atomic E-state index is 13.9. The summed E-state index contributed by atoms with van der Waals surface area (Å²) in [5.74, 6) is 0.675. The average molecular weight is 340 g/mol. The molecule has 2 atom stereocenters. The molecule has 0 bridgehead atoms. The van der Waals surface area contributed by atoms with Crippen molar-refractivity contribution < 1.29 is 4.39 Å². The molecular formula is C20H25FN4. The Balaban J connectivity index is 1.26. The number of hydrogen-bond acceptors (Lipinski definition) is 4. The van der Waals surface area contributed by atoms with Crippen LogP contribution >= 0.6 is 0 Å². The van der Waals surface area contributed by atoms with Gasteiger partial charge >= 0.3 is 0 Å². The molecule has 0 amide bonds. The third-order valence-electron chi connectivity index (χ3n) is 5.53. The number of benzene rings is 1. The third kappa shape index (κ3) is 4.05. The number of aromatic nitrogens is 2. The van der Waals surface area contributed by atoms with Gasteiger partial charge in [-0.2, -0.15) is 0 Å². The number of rotatable bonds is 6. The van der Waals surface area contributed by atoms with Crippen molar-refractivity contribution in [3.05, 3.63) is 60.2 Å². The molecule has 1 saturated carbocycles. The molecule has 4 nitrogen and oxygen atoms in total. The maximum Gasteiger partial charge on any atom is 0.115 e. The second kappa shape index (κ2) is 7.58. The molecule has 1 N–H and O–H groups in total. The van der Waals surface area contributed by atoms with Crippen molar-refractivity contribution in [3.63, 3.8) is 0 Å². The van der Waals surface area contributed by atoms with Crippen molar-refractivity contribution in [1.29, 1.82) is 0 Å². The van der Waals surface area contributed by atoms with Gasteiger partial charge in [0.2, 0.25) is 0 Å². The molecule has 2 aromatic rings. The molecule has 5 heteroatoms. The summed E-state index contributed by atoms with van der Waals surface area (Å²) in [6, 6.07) is 11.5. The Hall–Kier alpha value is -1.85. The molecule has 25 heavy (non-hydrogen) atoms. The Morgan fingerprint density at radius 1 is 1.08 bits per heavy atom. The summed E-state index contributed by atoms with van der Waals surface area (Å²) >= 11 is 0. The van der Waals surface area contributed by atoms with E-state index in [4.69, 9.17) is 0 Å². The van der Waals surface area contributed by atoms with Gasteiger partial charge in [-0.3, -0.25) is 4.90 Å². The van der Waals surface area contributed by atoms with E-state index in [-0.39, 0.29) is 6.04 Å². The summed E-state index contributed by atoms with van der Waals surface area (Å²) in [6.07, 6.45) is 7.43. The highest BCUT2D eigenvalue weighted by molar-refractivity contribution is 5.22. The minimum Gasteiger partial charge on any atom is -0.312 e. The Labute approximate surface area is 148 Å². The van der Waals surface area contributed by atoms with Crippen molar-refractivity contribution in [2.45, 2.75) is 50.0 Å². The highest BCUT2D eigenvalue weighted by atomic mass is 19.1. The first-order chi connectivity index (χ1) is 12.3. The first-order valence-corrected chi connectivity index (χ1v) is 9.18. The lowest BCUT2D eigenvalue weighted by atomic mass is 9.76. The van der Waals surface area contributed by atoms with Crippen LogP contribution in [0.3, 0.4) is 0 Å². The predicted molar refractivity (Wildman–Crippen MR) is 96.0 cm³/mol. The third-order valence-corrected chi connectivity index (χ3v) is 5.53. The molecule has 2 aliphatic rings. The lowest BCUT2D eigenvalue weighted by molar-refractivity contribution is 0.208. The van der Waals surface area contributed by atoms with Gasteiger partial charge in [-0.25, -0.2) is 14.4 Å². The van der Waals surface area contributed by atoms with Crippen molar-refractivity contribution in [1.82, 2.24) is 20.2 Å². The highest BCUT2D eigenvalue weighted by Crippen LogP contribution is 2.36. The molecule has 0 radical (unpaired) electrons. The van der Waals surface area contributed by atoms with Crippen LogP contribution in [-0.4, -0.2) is 46.2 Å². The predicted octanol–water partition coefficient (Wildman–Crippen LogP) is 2.92. The monoisotopic (exact) mass is 340 g/mol. The molecule has 1 aromatic carbocycles. The average Bonchev–Trinajstić information content (AvgIpc) is 2.95. The van der Waals surface area contributed by atoms with Gasteiger partial charge in [0.15, 0.2) is 0 Å². The number of alkyl halides is 1. The summed E-state index contributed by atoms with van der Waals surface area (Å²) in [7, 11) is 0. The summed E-state index contributed by atoms with van der Waals surface area (Å²) in [5, 5.41) is 3.66. The van der Waals surface area contributed by atoms with E-state index in [2.05, 4.69) is 50.5 Å². The largest absolute Gasteiger partial charge is 0.312 e. The minimum atomic E-state index is -0.727. The molecular weight excluding hydrogens is 315 g/mol.